The molecule has 6 heteroatoms. The highest BCUT2D eigenvalue weighted by atomic mass is 35.5. The summed E-state index contributed by atoms with van der Waals surface area (Å²) in [6, 6.07) is 7.01. The predicted octanol–water partition coefficient (Wildman–Crippen LogP) is 5.51. The van der Waals surface area contributed by atoms with Gasteiger partial charge < -0.3 is 4.74 Å². The number of benzene rings is 1. The maximum Gasteiger partial charge on any atom is 0.204 e. The predicted molar refractivity (Wildman–Crippen MR) is 86.1 cm³/mol. The summed E-state index contributed by atoms with van der Waals surface area (Å²) in [6.07, 6.45) is 0. The van der Waals surface area contributed by atoms with Gasteiger partial charge in [0.1, 0.15) is 5.75 Å². The highest BCUT2D eigenvalue weighted by Crippen LogP contribution is 2.35. The van der Waals surface area contributed by atoms with E-state index in [2.05, 4.69) is 0 Å². The van der Waals surface area contributed by atoms with Crippen LogP contribution in [0.4, 0.5) is 0 Å². The maximum absolute atomic E-state index is 12.5. The van der Waals surface area contributed by atoms with Gasteiger partial charge in [0.25, 0.3) is 0 Å². The summed E-state index contributed by atoms with van der Waals surface area (Å²) in [6.45, 7) is 0. The number of halogens is 2. The lowest BCUT2D eigenvalue weighted by molar-refractivity contribution is 0.104. The molecule has 0 unspecified atom stereocenters. The van der Waals surface area contributed by atoms with Crippen molar-refractivity contribution >= 4 is 61.1 Å². The van der Waals surface area contributed by atoms with Gasteiger partial charge in [0.15, 0.2) is 0 Å². The first-order valence-electron chi connectivity index (χ1n) is 5.65. The Balaban J connectivity index is 2.06. The Kier molecular flexibility index (Phi) is 3.73. The van der Waals surface area contributed by atoms with E-state index in [1.165, 1.54) is 18.4 Å². The number of hydrogen-bond donors (Lipinski definition) is 0. The average Bonchev–Trinajstić information content (AvgIpc) is 3.01. The van der Waals surface area contributed by atoms with Crippen molar-refractivity contribution in [3.63, 3.8) is 0 Å². The summed E-state index contributed by atoms with van der Waals surface area (Å²) < 4.78 is 7.29. The quantitative estimate of drug-likeness (QED) is 0.586. The van der Waals surface area contributed by atoms with Crippen LogP contribution >= 0.6 is 45.9 Å². The van der Waals surface area contributed by atoms with Gasteiger partial charge in [0, 0.05) is 21.0 Å². The van der Waals surface area contributed by atoms with Gasteiger partial charge in [-0.15, -0.1) is 22.7 Å². The number of carbonyl (C=O) groups excluding carboxylic acids is 1. The molecule has 0 aliphatic rings. The van der Waals surface area contributed by atoms with E-state index in [0.717, 1.165) is 9.40 Å². The molecule has 3 rings (SSSR count). The molecule has 0 atom stereocenters. The van der Waals surface area contributed by atoms with Gasteiger partial charge in [-0.3, -0.25) is 4.79 Å². The van der Waals surface area contributed by atoms with Crippen molar-refractivity contribution in [3.8, 4) is 5.75 Å². The monoisotopic (exact) mass is 342 g/mol. The highest BCUT2D eigenvalue weighted by Gasteiger charge is 2.18. The Morgan fingerprint density at radius 3 is 2.65 bits per heavy atom. The van der Waals surface area contributed by atoms with E-state index >= 15 is 0 Å². The lowest BCUT2D eigenvalue weighted by Gasteiger charge is -2.07. The first kappa shape index (κ1) is 13.9. The van der Waals surface area contributed by atoms with Gasteiger partial charge >= 0.3 is 0 Å². The van der Waals surface area contributed by atoms with Crippen molar-refractivity contribution in [3.05, 3.63) is 50.1 Å². The Morgan fingerprint density at radius 1 is 1.15 bits per heavy atom. The van der Waals surface area contributed by atoms with Crippen LogP contribution in [0.25, 0.3) is 9.40 Å². The van der Waals surface area contributed by atoms with E-state index < -0.39 is 0 Å². The van der Waals surface area contributed by atoms with Crippen LogP contribution in [-0.4, -0.2) is 12.9 Å². The zero-order valence-corrected chi connectivity index (χ0v) is 13.4. The molecule has 3 aromatic rings. The van der Waals surface area contributed by atoms with E-state index in [9.17, 15) is 4.79 Å². The molecule has 1 aromatic carbocycles. The second-order valence-corrected chi connectivity index (χ2v) is 6.90. The number of rotatable bonds is 3. The molecule has 2 aromatic heterocycles. The van der Waals surface area contributed by atoms with Crippen molar-refractivity contribution in [2.45, 2.75) is 0 Å². The zero-order valence-electron chi connectivity index (χ0n) is 10.3. The Bertz CT molecular complexity index is 776. The van der Waals surface area contributed by atoms with Crippen LogP contribution in [0.3, 0.4) is 0 Å². The smallest absolute Gasteiger partial charge is 0.204 e. The van der Waals surface area contributed by atoms with E-state index in [0.29, 0.717) is 26.2 Å². The molecule has 0 N–H and O–H groups in total. The highest BCUT2D eigenvalue weighted by molar-refractivity contribution is 7.28. The van der Waals surface area contributed by atoms with Crippen molar-refractivity contribution in [2.75, 3.05) is 7.11 Å². The second-order valence-electron chi connectivity index (χ2n) is 4.06. The molecule has 0 saturated heterocycles. The molecule has 0 fully saturated rings. The number of hydrogen-bond acceptors (Lipinski definition) is 4. The summed E-state index contributed by atoms with van der Waals surface area (Å²) in [4.78, 5) is 13.2. The van der Waals surface area contributed by atoms with Crippen molar-refractivity contribution in [2.24, 2.45) is 0 Å². The second kappa shape index (κ2) is 5.37. The molecular formula is C14H8Cl2O2S2. The first-order chi connectivity index (χ1) is 9.60. The van der Waals surface area contributed by atoms with Crippen LogP contribution in [0.15, 0.2) is 29.6 Å². The summed E-state index contributed by atoms with van der Waals surface area (Å²) in [5.74, 6) is 0.341. The average molecular weight is 343 g/mol. The van der Waals surface area contributed by atoms with Crippen LogP contribution in [0, 0.1) is 0 Å². The van der Waals surface area contributed by atoms with Gasteiger partial charge in [-0.05, 0) is 23.6 Å². The fourth-order valence-corrected chi connectivity index (χ4v) is 4.41. The molecule has 2 nitrogen and oxygen atoms in total. The van der Waals surface area contributed by atoms with E-state index in [4.69, 9.17) is 27.9 Å². The standard InChI is InChI=1S/C14H8Cl2O2S2/c1-18-10-5-8(15)7(4-9(10)16)14(17)13-6-12-11(20-13)2-3-19-12/h2-6H,1H3. The molecule has 102 valence electrons. The van der Waals surface area contributed by atoms with Gasteiger partial charge in [-0.1, -0.05) is 23.2 Å². The molecule has 0 radical (unpaired) electrons. The fourth-order valence-electron chi connectivity index (χ4n) is 1.87. The summed E-state index contributed by atoms with van der Waals surface area (Å²) in [5.41, 5.74) is 0.395. The van der Waals surface area contributed by atoms with Gasteiger partial charge in [-0.25, -0.2) is 0 Å². The van der Waals surface area contributed by atoms with Crippen molar-refractivity contribution in [1.82, 2.24) is 0 Å². The Morgan fingerprint density at radius 2 is 1.95 bits per heavy atom. The normalized spacial score (nSPS) is 10.9. The zero-order chi connectivity index (χ0) is 14.3. The van der Waals surface area contributed by atoms with Gasteiger partial charge in [-0.2, -0.15) is 0 Å². The number of ketones is 1. The molecule has 0 aliphatic heterocycles. The molecule has 2 heterocycles. The number of carbonyl (C=O) groups is 1. The third-order valence-electron chi connectivity index (χ3n) is 2.85. The van der Waals surface area contributed by atoms with E-state index in [1.807, 2.05) is 17.5 Å². The third kappa shape index (κ3) is 2.33. The SMILES string of the molecule is COc1cc(Cl)c(C(=O)c2cc3sccc3s2)cc1Cl. The molecule has 0 amide bonds. The van der Waals surface area contributed by atoms with E-state index in [1.54, 1.807) is 23.5 Å². The van der Waals surface area contributed by atoms with Gasteiger partial charge in [0.05, 0.1) is 22.0 Å². The molecule has 20 heavy (non-hydrogen) atoms. The summed E-state index contributed by atoms with van der Waals surface area (Å²) in [5, 5.41) is 2.72. The van der Waals surface area contributed by atoms with Crippen molar-refractivity contribution in [1.29, 1.82) is 0 Å². The minimum absolute atomic E-state index is 0.118. The Hall–Kier alpha value is -1.07. The lowest BCUT2D eigenvalue weighted by Crippen LogP contribution is -2.00. The van der Waals surface area contributed by atoms with Crippen LogP contribution in [0.1, 0.15) is 15.2 Å². The van der Waals surface area contributed by atoms with E-state index in [-0.39, 0.29) is 5.78 Å². The number of thiophene rings is 2. The maximum atomic E-state index is 12.5. The Labute approximate surface area is 133 Å². The molecule has 0 saturated carbocycles. The summed E-state index contributed by atoms with van der Waals surface area (Å²) in [7, 11) is 1.51. The number of methoxy groups -OCH3 is 1. The lowest BCUT2D eigenvalue weighted by atomic mass is 10.1. The molecule has 0 bridgehead atoms. The van der Waals surface area contributed by atoms with Crippen LogP contribution in [0.2, 0.25) is 10.0 Å². The molecular weight excluding hydrogens is 335 g/mol. The topological polar surface area (TPSA) is 26.3 Å². The molecule has 0 spiro atoms. The fraction of sp³-hybridized carbons (Fsp3) is 0.0714. The van der Waals surface area contributed by atoms with Crippen molar-refractivity contribution < 1.29 is 9.53 Å². The third-order valence-corrected chi connectivity index (χ3v) is 5.55. The van der Waals surface area contributed by atoms with Gasteiger partial charge in [0.2, 0.25) is 5.78 Å². The largest absolute Gasteiger partial charge is 0.495 e. The number of fused-ring (bicyclic) bond motifs is 1. The molecule has 0 aliphatic carbocycles. The summed E-state index contributed by atoms with van der Waals surface area (Å²) >= 11 is 15.3. The van der Waals surface area contributed by atoms with Crippen LogP contribution in [0.5, 0.6) is 5.75 Å². The number of ether oxygens (including phenoxy) is 1. The minimum Gasteiger partial charge on any atom is -0.495 e. The first-order valence-corrected chi connectivity index (χ1v) is 8.10. The van der Waals surface area contributed by atoms with Crippen LogP contribution < -0.4 is 4.74 Å². The minimum atomic E-state index is -0.118. The van der Waals surface area contributed by atoms with Crippen LogP contribution in [-0.2, 0) is 0 Å².